The molecule has 0 spiro atoms. The van der Waals surface area contributed by atoms with Gasteiger partial charge in [0.2, 0.25) is 0 Å². The highest BCUT2D eigenvalue weighted by Gasteiger charge is 2.31. The normalized spacial score (nSPS) is 16.1. The Bertz CT molecular complexity index is 1080. The molecule has 4 rings (SSSR count). The van der Waals surface area contributed by atoms with Gasteiger partial charge < -0.3 is 19.5 Å². The number of hydrogen-bond acceptors (Lipinski definition) is 5. The lowest BCUT2D eigenvalue weighted by molar-refractivity contribution is 0.0526. The molecule has 8 heteroatoms. The Balaban J connectivity index is 1.46. The van der Waals surface area contributed by atoms with Gasteiger partial charge in [0, 0.05) is 37.4 Å². The number of aromatic nitrogens is 3. The molecular formula is C22H25N5O3. The van der Waals surface area contributed by atoms with Crippen LogP contribution in [0, 0.1) is 0 Å². The maximum absolute atomic E-state index is 12.8. The number of likely N-dealkylation sites (tertiary alicyclic amines) is 1. The molecule has 0 bridgehead atoms. The number of nitrogens with one attached hydrogen (secondary N) is 1. The summed E-state index contributed by atoms with van der Waals surface area (Å²) in [4.78, 5) is 35.7. The molecule has 8 nitrogen and oxygen atoms in total. The summed E-state index contributed by atoms with van der Waals surface area (Å²) >= 11 is 0. The Morgan fingerprint density at radius 3 is 2.90 bits per heavy atom. The summed E-state index contributed by atoms with van der Waals surface area (Å²) in [6.45, 7) is 6.17. The van der Waals surface area contributed by atoms with Gasteiger partial charge in [0.1, 0.15) is 11.3 Å². The zero-order chi connectivity index (χ0) is 21.1. The van der Waals surface area contributed by atoms with Crippen molar-refractivity contribution in [2.24, 2.45) is 0 Å². The van der Waals surface area contributed by atoms with Gasteiger partial charge in [-0.1, -0.05) is 6.07 Å². The molecule has 1 aliphatic rings. The smallest absolute Gasteiger partial charge is 0.338 e. The Morgan fingerprint density at radius 1 is 1.23 bits per heavy atom. The van der Waals surface area contributed by atoms with Crippen molar-refractivity contribution in [2.45, 2.75) is 32.7 Å². The van der Waals surface area contributed by atoms with Gasteiger partial charge in [-0.15, -0.1) is 0 Å². The van der Waals surface area contributed by atoms with E-state index in [0.29, 0.717) is 30.9 Å². The van der Waals surface area contributed by atoms with Crippen molar-refractivity contribution in [1.82, 2.24) is 19.4 Å². The van der Waals surface area contributed by atoms with Crippen molar-refractivity contribution in [3.63, 3.8) is 0 Å². The maximum Gasteiger partial charge on any atom is 0.338 e. The predicted molar refractivity (Wildman–Crippen MR) is 114 cm³/mol. The number of fused-ring (bicyclic) bond motifs is 1. The molecule has 3 heterocycles. The SMILES string of the molecule is CCOC(=O)c1cccc(NC(=O)N2CCC(c3nc4cccnc4n3CC)C2)c1. The number of urea groups is 1. The second kappa shape index (κ2) is 8.52. The lowest BCUT2D eigenvalue weighted by atomic mass is 10.1. The standard InChI is InChI=1S/C22H25N5O3/c1-3-27-19(25-18-9-6-11-23-20(18)27)16-10-12-26(14-16)22(29)24-17-8-5-7-15(13-17)21(28)30-4-2/h5-9,11,13,16H,3-4,10,12,14H2,1-2H3,(H,24,29). The Kier molecular flexibility index (Phi) is 5.65. The van der Waals surface area contributed by atoms with Gasteiger partial charge in [0.25, 0.3) is 0 Å². The van der Waals surface area contributed by atoms with Crippen LogP contribution >= 0.6 is 0 Å². The molecule has 2 aromatic heterocycles. The number of esters is 1. The largest absolute Gasteiger partial charge is 0.462 e. The predicted octanol–water partition coefficient (Wildman–Crippen LogP) is 3.65. The van der Waals surface area contributed by atoms with Crippen LogP contribution in [0.25, 0.3) is 11.2 Å². The minimum absolute atomic E-state index is 0.163. The van der Waals surface area contributed by atoms with Crippen LogP contribution in [0.2, 0.25) is 0 Å². The molecule has 0 saturated carbocycles. The third kappa shape index (κ3) is 3.85. The first-order valence-corrected chi connectivity index (χ1v) is 10.2. The van der Waals surface area contributed by atoms with Crippen LogP contribution in [-0.2, 0) is 11.3 Å². The third-order valence-electron chi connectivity index (χ3n) is 5.32. The molecule has 3 aromatic rings. The summed E-state index contributed by atoms with van der Waals surface area (Å²) in [5.74, 6) is 0.739. The van der Waals surface area contributed by atoms with Crippen LogP contribution < -0.4 is 5.32 Å². The van der Waals surface area contributed by atoms with E-state index in [-0.39, 0.29) is 11.9 Å². The van der Waals surface area contributed by atoms with Gasteiger partial charge in [-0.25, -0.2) is 19.6 Å². The van der Waals surface area contributed by atoms with Crippen molar-refractivity contribution in [2.75, 3.05) is 25.0 Å². The molecule has 0 aliphatic carbocycles. The van der Waals surface area contributed by atoms with Gasteiger partial charge in [0.15, 0.2) is 5.65 Å². The van der Waals surface area contributed by atoms with Crippen molar-refractivity contribution in [3.05, 3.63) is 54.0 Å². The molecule has 1 N–H and O–H groups in total. The summed E-state index contributed by atoms with van der Waals surface area (Å²) in [7, 11) is 0. The zero-order valence-corrected chi connectivity index (χ0v) is 17.2. The van der Waals surface area contributed by atoms with Gasteiger partial charge in [-0.2, -0.15) is 0 Å². The number of ether oxygens (including phenoxy) is 1. The van der Waals surface area contributed by atoms with Crippen LogP contribution in [0.4, 0.5) is 10.5 Å². The molecule has 1 atom stereocenters. The van der Waals surface area contributed by atoms with Crippen molar-refractivity contribution >= 4 is 28.9 Å². The number of anilines is 1. The molecule has 1 fully saturated rings. The third-order valence-corrected chi connectivity index (χ3v) is 5.32. The second-order valence-corrected chi connectivity index (χ2v) is 7.22. The zero-order valence-electron chi connectivity index (χ0n) is 17.2. The number of carbonyl (C=O) groups excluding carboxylic acids is 2. The maximum atomic E-state index is 12.8. The highest BCUT2D eigenvalue weighted by atomic mass is 16.5. The number of imidazole rings is 1. The summed E-state index contributed by atoms with van der Waals surface area (Å²) < 4.78 is 7.15. The summed E-state index contributed by atoms with van der Waals surface area (Å²) in [6, 6.07) is 10.5. The molecule has 30 heavy (non-hydrogen) atoms. The van der Waals surface area contributed by atoms with E-state index in [0.717, 1.165) is 30.0 Å². The van der Waals surface area contributed by atoms with E-state index in [4.69, 9.17) is 9.72 Å². The van der Waals surface area contributed by atoms with Crippen molar-refractivity contribution in [1.29, 1.82) is 0 Å². The monoisotopic (exact) mass is 407 g/mol. The Morgan fingerprint density at radius 2 is 2.10 bits per heavy atom. The van der Waals surface area contributed by atoms with Crippen LogP contribution in [0.3, 0.4) is 0 Å². The Hall–Kier alpha value is -3.42. The van der Waals surface area contributed by atoms with Crippen molar-refractivity contribution < 1.29 is 14.3 Å². The number of benzene rings is 1. The average molecular weight is 407 g/mol. The summed E-state index contributed by atoms with van der Waals surface area (Å²) in [5.41, 5.74) is 2.75. The van der Waals surface area contributed by atoms with Crippen molar-refractivity contribution in [3.8, 4) is 0 Å². The van der Waals surface area contributed by atoms with Gasteiger partial charge >= 0.3 is 12.0 Å². The molecular weight excluding hydrogens is 382 g/mol. The molecule has 1 saturated heterocycles. The van der Waals surface area contributed by atoms with Crippen LogP contribution in [0.15, 0.2) is 42.6 Å². The number of aryl methyl sites for hydroxylation is 1. The molecule has 0 radical (unpaired) electrons. The van der Waals surface area contributed by atoms with E-state index < -0.39 is 5.97 Å². The fourth-order valence-electron chi connectivity index (χ4n) is 3.90. The lowest BCUT2D eigenvalue weighted by Crippen LogP contribution is -2.33. The first kappa shape index (κ1) is 19.9. The number of carbonyl (C=O) groups is 2. The fraction of sp³-hybridized carbons (Fsp3) is 0.364. The van der Waals surface area contributed by atoms with E-state index in [2.05, 4.69) is 21.8 Å². The highest BCUT2D eigenvalue weighted by molar-refractivity contribution is 5.94. The number of nitrogens with zero attached hydrogens (tertiary/aromatic N) is 4. The fourth-order valence-corrected chi connectivity index (χ4v) is 3.90. The van der Waals surface area contributed by atoms with E-state index >= 15 is 0 Å². The van der Waals surface area contributed by atoms with E-state index in [1.54, 1.807) is 42.3 Å². The Labute approximate surface area is 174 Å². The minimum atomic E-state index is -0.401. The molecule has 2 amide bonds. The second-order valence-electron chi connectivity index (χ2n) is 7.22. The lowest BCUT2D eigenvalue weighted by Gasteiger charge is -2.18. The average Bonchev–Trinajstić information content (AvgIpc) is 3.38. The van der Waals surface area contributed by atoms with E-state index in [1.807, 2.05) is 12.1 Å². The van der Waals surface area contributed by atoms with Gasteiger partial charge in [0.05, 0.1) is 12.2 Å². The first-order valence-electron chi connectivity index (χ1n) is 10.2. The van der Waals surface area contributed by atoms with E-state index in [1.165, 1.54) is 0 Å². The molecule has 156 valence electrons. The van der Waals surface area contributed by atoms with Crippen LogP contribution in [0.1, 0.15) is 42.4 Å². The molecule has 1 unspecified atom stereocenters. The van der Waals surface area contributed by atoms with Gasteiger partial charge in [-0.05, 0) is 50.6 Å². The highest BCUT2D eigenvalue weighted by Crippen LogP contribution is 2.29. The molecule has 1 aliphatic heterocycles. The summed E-state index contributed by atoms with van der Waals surface area (Å²) in [6.07, 6.45) is 2.62. The molecule has 1 aromatic carbocycles. The number of rotatable bonds is 5. The number of amides is 2. The summed E-state index contributed by atoms with van der Waals surface area (Å²) in [5, 5.41) is 2.89. The minimum Gasteiger partial charge on any atom is -0.462 e. The quantitative estimate of drug-likeness (QED) is 0.652. The topological polar surface area (TPSA) is 89.3 Å². The van der Waals surface area contributed by atoms with E-state index in [9.17, 15) is 9.59 Å². The number of hydrogen-bond donors (Lipinski definition) is 1. The van der Waals surface area contributed by atoms with Crippen LogP contribution in [-0.4, -0.2) is 51.1 Å². The first-order chi connectivity index (χ1) is 14.6. The number of pyridine rings is 1. The van der Waals surface area contributed by atoms with Gasteiger partial charge in [-0.3, -0.25) is 0 Å². The van der Waals surface area contributed by atoms with Crippen LogP contribution in [0.5, 0.6) is 0 Å².